The lowest BCUT2D eigenvalue weighted by molar-refractivity contribution is -0.123. The second kappa shape index (κ2) is 9.27. The van der Waals surface area contributed by atoms with Crippen LogP contribution in [0.25, 0.3) is 10.2 Å². The maximum Gasteiger partial charge on any atom is 0.234 e. The maximum absolute atomic E-state index is 12.3. The lowest BCUT2D eigenvalue weighted by Crippen LogP contribution is -2.45. The van der Waals surface area contributed by atoms with Crippen molar-refractivity contribution in [3.8, 4) is 0 Å². The standard InChI is InChI=1S/C19H27N3O2S/c23-13-12-22(15-6-2-1-3-7-15)14-18(24)20-11-10-19-21-16-8-4-5-9-17(16)25-19/h4-5,8-9,15,23H,1-3,6-7,10-14H2,(H,20,24). The average Bonchev–Trinajstić information content (AvgIpc) is 3.05. The zero-order valence-electron chi connectivity index (χ0n) is 14.6. The predicted octanol–water partition coefficient (Wildman–Crippen LogP) is 2.58. The molecule has 2 N–H and O–H groups in total. The molecular weight excluding hydrogens is 334 g/mol. The molecule has 0 bridgehead atoms. The van der Waals surface area contributed by atoms with Crippen LogP contribution in [0.3, 0.4) is 0 Å². The Morgan fingerprint density at radius 1 is 1.28 bits per heavy atom. The maximum atomic E-state index is 12.3. The van der Waals surface area contributed by atoms with E-state index in [1.165, 1.54) is 24.0 Å². The quantitative estimate of drug-likeness (QED) is 0.758. The molecule has 1 fully saturated rings. The van der Waals surface area contributed by atoms with Gasteiger partial charge in [-0.1, -0.05) is 31.4 Å². The molecule has 1 saturated carbocycles. The molecular formula is C19H27N3O2S. The molecule has 1 amide bonds. The molecule has 0 saturated heterocycles. The van der Waals surface area contributed by atoms with Crippen molar-refractivity contribution in [2.24, 2.45) is 0 Å². The number of rotatable bonds is 8. The Labute approximate surface area is 153 Å². The van der Waals surface area contributed by atoms with E-state index in [0.717, 1.165) is 29.8 Å². The molecule has 0 aliphatic heterocycles. The fraction of sp³-hybridized carbons (Fsp3) is 0.579. The van der Waals surface area contributed by atoms with Gasteiger partial charge in [0.1, 0.15) is 0 Å². The number of hydrogen-bond acceptors (Lipinski definition) is 5. The fourth-order valence-electron chi connectivity index (χ4n) is 3.54. The first-order valence-electron chi connectivity index (χ1n) is 9.22. The van der Waals surface area contributed by atoms with Crippen LogP contribution in [0.2, 0.25) is 0 Å². The van der Waals surface area contributed by atoms with Crippen LogP contribution in [0.5, 0.6) is 0 Å². The van der Waals surface area contributed by atoms with Crippen molar-refractivity contribution >= 4 is 27.5 Å². The average molecular weight is 362 g/mol. The number of aliphatic hydroxyl groups excluding tert-OH is 1. The summed E-state index contributed by atoms with van der Waals surface area (Å²) in [5, 5.41) is 13.4. The monoisotopic (exact) mass is 361 g/mol. The van der Waals surface area contributed by atoms with Crippen molar-refractivity contribution < 1.29 is 9.90 Å². The number of aliphatic hydroxyl groups is 1. The number of nitrogens with zero attached hydrogens (tertiary/aromatic N) is 2. The summed E-state index contributed by atoms with van der Waals surface area (Å²) in [5.41, 5.74) is 1.03. The van der Waals surface area contributed by atoms with Crippen LogP contribution < -0.4 is 5.32 Å². The van der Waals surface area contributed by atoms with Gasteiger partial charge in [-0.2, -0.15) is 0 Å². The first kappa shape index (κ1) is 18.3. The third-order valence-corrected chi connectivity index (χ3v) is 5.92. The van der Waals surface area contributed by atoms with Crippen LogP contribution in [-0.4, -0.2) is 53.2 Å². The van der Waals surface area contributed by atoms with Gasteiger partial charge in [-0.05, 0) is 25.0 Å². The minimum Gasteiger partial charge on any atom is -0.395 e. The summed E-state index contributed by atoms with van der Waals surface area (Å²) in [6, 6.07) is 8.55. The molecule has 5 nitrogen and oxygen atoms in total. The Morgan fingerprint density at radius 3 is 2.84 bits per heavy atom. The van der Waals surface area contributed by atoms with Gasteiger partial charge in [-0.15, -0.1) is 11.3 Å². The summed E-state index contributed by atoms with van der Waals surface area (Å²) < 4.78 is 1.19. The van der Waals surface area contributed by atoms with E-state index in [0.29, 0.717) is 25.7 Å². The van der Waals surface area contributed by atoms with E-state index >= 15 is 0 Å². The Kier molecular flexibility index (Phi) is 6.78. The molecule has 1 heterocycles. The largest absolute Gasteiger partial charge is 0.395 e. The molecule has 0 atom stereocenters. The van der Waals surface area contributed by atoms with E-state index in [2.05, 4.69) is 21.3 Å². The molecule has 1 aliphatic rings. The highest BCUT2D eigenvalue weighted by atomic mass is 32.1. The van der Waals surface area contributed by atoms with Gasteiger partial charge in [-0.3, -0.25) is 9.69 Å². The van der Waals surface area contributed by atoms with E-state index in [1.54, 1.807) is 11.3 Å². The summed E-state index contributed by atoms with van der Waals surface area (Å²) in [6.45, 7) is 1.67. The number of fused-ring (bicyclic) bond motifs is 1. The van der Waals surface area contributed by atoms with E-state index in [9.17, 15) is 9.90 Å². The number of aromatic nitrogens is 1. The van der Waals surface area contributed by atoms with Crippen molar-refractivity contribution in [1.82, 2.24) is 15.2 Å². The van der Waals surface area contributed by atoms with E-state index in [1.807, 2.05) is 18.2 Å². The van der Waals surface area contributed by atoms with Gasteiger partial charge >= 0.3 is 0 Å². The summed E-state index contributed by atoms with van der Waals surface area (Å²) in [6.07, 6.45) is 6.78. The summed E-state index contributed by atoms with van der Waals surface area (Å²) in [5.74, 6) is 0.0418. The van der Waals surface area contributed by atoms with Crippen LogP contribution in [0.4, 0.5) is 0 Å². The predicted molar refractivity (Wildman–Crippen MR) is 102 cm³/mol. The Morgan fingerprint density at radius 2 is 2.08 bits per heavy atom. The molecule has 0 unspecified atom stereocenters. The van der Waals surface area contributed by atoms with Crippen LogP contribution in [0, 0.1) is 0 Å². The first-order valence-corrected chi connectivity index (χ1v) is 10.0. The second-order valence-electron chi connectivity index (χ2n) is 6.66. The van der Waals surface area contributed by atoms with Gasteiger partial charge in [0.15, 0.2) is 0 Å². The topological polar surface area (TPSA) is 65.5 Å². The number of benzene rings is 1. The number of hydrogen-bond donors (Lipinski definition) is 2. The van der Waals surface area contributed by atoms with Crippen LogP contribution in [0.15, 0.2) is 24.3 Å². The number of carbonyl (C=O) groups is 1. The smallest absolute Gasteiger partial charge is 0.234 e. The number of amides is 1. The molecule has 1 aromatic carbocycles. The first-order chi connectivity index (χ1) is 12.3. The van der Waals surface area contributed by atoms with Crippen LogP contribution in [0.1, 0.15) is 37.1 Å². The lowest BCUT2D eigenvalue weighted by atomic mass is 9.94. The molecule has 0 radical (unpaired) electrons. The fourth-order valence-corrected chi connectivity index (χ4v) is 4.51. The highest BCUT2D eigenvalue weighted by molar-refractivity contribution is 7.18. The van der Waals surface area contributed by atoms with Crippen molar-refractivity contribution in [2.45, 2.75) is 44.6 Å². The summed E-state index contributed by atoms with van der Waals surface area (Å²) >= 11 is 1.69. The van der Waals surface area contributed by atoms with Crippen LogP contribution in [-0.2, 0) is 11.2 Å². The van der Waals surface area contributed by atoms with Crippen molar-refractivity contribution in [3.63, 3.8) is 0 Å². The van der Waals surface area contributed by atoms with Crippen molar-refractivity contribution in [2.75, 3.05) is 26.2 Å². The normalized spacial score (nSPS) is 15.8. The number of para-hydroxylation sites is 1. The SMILES string of the molecule is O=C(CN(CCO)C1CCCCC1)NCCc1nc2ccccc2s1. The summed E-state index contributed by atoms with van der Waals surface area (Å²) in [4.78, 5) is 19.0. The zero-order chi connectivity index (χ0) is 17.5. The molecule has 25 heavy (non-hydrogen) atoms. The van der Waals surface area contributed by atoms with E-state index < -0.39 is 0 Å². The number of thiazole rings is 1. The molecule has 136 valence electrons. The highest BCUT2D eigenvalue weighted by Crippen LogP contribution is 2.23. The Bertz CT molecular complexity index is 649. The minimum absolute atomic E-state index is 0.0418. The van der Waals surface area contributed by atoms with Crippen molar-refractivity contribution in [3.05, 3.63) is 29.3 Å². The summed E-state index contributed by atoms with van der Waals surface area (Å²) in [7, 11) is 0. The van der Waals surface area contributed by atoms with Crippen LogP contribution >= 0.6 is 11.3 Å². The molecule has 1 aliphatic carbocycles. The molecule has 0 spiro atoms. The number of carbonyl (C=O) groups excluding carboxylic acids is 1. The Hall–Kier alpha value is -1.50. The molecule has 2 aromatic rings. The molecule has 3 rings (SSSR count). The minimum atomic E-state index is 0.0418. The number of nitrogens with one attached hydrogen (secondary N) is 1. The third-order valence-electron chi connectivity index (χ3n) is 4.82. The van der Waals surface area contributed by atoms with Gasteiger partial charge in [0.25, 0.3) is 0 Å². The van der Waals surface area contributed by atoms with E-state index in [4.69, 9.17) is 0 Å². The third kappa shape index (κ3) is 5.23. The van der Waals surface area contributed by atoms with Gasteiger partial charge in [-0.25, -0.2) is 4.98 Å². The Balaban J connectivity index is 1.45. The molecule has 6 heteroatoms. The lowest BCUT2D eigenvalue weighted by Gasteiger charge is -2.33. The van der Waals surface area contributed by atoms with Gasteiger partial charge in [0.2, 0.25) is 5.91 Å². The second-order valence-corrected chi connectivity index (χ2v) is 7.78. The molecule has 1 aromatic heterocycles. The highest BCUT2D eigenvalue weighted by Gasteiger charge is 2.22. The van der Waals surface area contributed by atoms with Gasteiger partial charge in [0, 0.05) is 25.6 Å². The van der Waals surface area contributed by atoms with Crippen molar-refractivity contribution in [1.29, 1.82) is 0 Å². The zero-order valence-corrected chi connectivity index (χ0v) is 15.4. The van der Waals surface area contributed by atoms with Gasteiger partial charge in [0.05, 0.1) is 28.4 Å². The van der Waals surface area contributed by atoms with E-state index in [-0.39, 0.29) is 12.5 Å². The van der Waals surface area contributed by atoms with Gasteiger partial charge < -0.3 is 10.4 Å².